The lowest BCUT2D eigenvalue weighted by Crippen LogP contribution is -2.32. The van der Waals surface area contributed by atoms with Crippen molar-refractivity contribution in [3.05, 3.63) is 0 Å². The predicted molar refractivity (Wildman–Crippen MR) is 41.8 cm³/mol. The van der Waals surface area contributed by atoms with Gasteiger partial charge in [0.05, 0.1) is 13.0 Å². The van der Waals surface area contributed by atoms with Crippen molar-refractivity contribution in [3.63, 3.8) is 0 Å². The molecule has 0 heterocycles. The largest absolute Gasteiger partial charge is 0.481 e. The first kappa shape index (κ1) is 10.7. The number of carboxylic acids is 1. The summed E-state index contributed by atoms with van der Waals surface area (Å²) in [5.41, 5.74) is 0. The molecule has 5 nitrogen and oxygen atoms in total. The fraction of sp³-hybridized carbons (Fsp3) is 0.714. The topological polar surface area (TPSA) is 75.6 Å². The Balaban J connectivity index is 3.73. The molecule has 0 spiro atoms. The number of rotatable bonds is 4. The lowest BCUT2D eigenvalue weighted by molar-refractivity contribution is -0.141. The Morgan fingerprint density at radius 3 is 2.50 bits per heavy atom. The molecule has 2 N–H and O–H groups in total. The van der Waals surface area contributed by atoms with E-state index in [4.69, 9.17) is 5.11 Å². The zero-order valence-corrected chi connectivity index (χ0v) is 7.16. The molecule has 1 atom stereocenters. The van der Waals surface area contributed by atoms with Crippen molar-refractivity contribution in [2.45, 2.75) is 13.3 Å². The van der Waals surface area contributed by atoms with E-state index in [1.54, 1.807) is 6.92 Å². The van der Waals surface area contributed by atoms with Crippen molar-refractivity contribution >= 4 is 12.1 Å². The van der Waals surface area contributed by atoms with E-state index in [2.05, 4.69) is 10.1 Å². The van der Waals surface area contributed by atoms with Gasteiger partial charge < -0.3 is 15.2 Å². The van der Waals surface area contributed by atoms with Crippen molar-refractivity contribution in [2.75, 3.05) is 13.7 Å². The average Bonchev–Trinajstić information content (AvgIpc) is 2.04. The van der Waals surface area contributed by atoms with Gasteiger partial charge >= 0.3 is 12.1 Å². The highest BCUT2D eigenvalue weighted by atomic mass is 16.5. The van der Waals surface area contributed by atoms with Gasteiger partial charge in [-0.15, -0.1) is 0 Å². The Kier molecular flexibility index (Phi) is 4.83. The standard InChI is InChI=1S/C7H13NO4/c1-3-5(6(9)10)4-8-7(11)12-2/h5H,3-4H2,1-2H3,(H,8,11)(H,9,10)/t5-/m1/s1. The lowest BCUT2D eigenvalue weighted by Gasteiger charge is -2.09. The maximum Gasteiger partial charge on any atom is 0.406 e. The summed E-state index contributed by atoms with van der Waals surface area (Å²) in [6, 6.07) is 0. The van der Waals surface area contributed by atoms with Gasteiger partial charge in [0.1, 0.15) is 0 Å². The Bertz CT molecular complexity index is 169. The van der Waals surface area contributed by atoms with E-state index in [-0.39, 0.29) is 6.54 Å². The van der Waals surface area contributed by atoms with E-state index < -0.39 is 18.0 Å². The number of amides is 1. The molecule has 0 aromatic carbocycles. The molecule has 0 aliphatic heterocycles. The van der Waals surface area contributed by atoms with Gasteiger partial charge in [0.2, 0.25) is 0 Å². The van der Waals surface area contributed by atoms with E-state index in [1.165, 1.54) is 7.11 Å². The molecule has 0 rings (SSSR count). The third-order valence-corrected chi connectivity index (χ3v) is 1.52. The molecule has 0 bridgehead atoms. The van der Waals surface area contributed by atoms with Crippen LogP contribution in [0.4, 0.5) is 4.79 Å². The fourth-order valence-corrected chi connectivity index (χ4v) is 0.685. The number of nitrogens with one attached hydrogen (secondary N) is 1. The normalized spacial score (nSPS) is 11.8. The Hall–Kier alpha value is -1.26. The van der Waals surface area contributed by atoms with Crippen molar-refractivity contribution < 1.29 is 19.4 Å². The summed E-state index contributed by atoms with van der Waals surface area (Å²) < 4.78 is 4.28. The summed E-state index contributed by atoms with van der Waals surface area (Å²) in [5, 5.41) is 10.9. The van der Waals surface area contributed by atoms with E-state index in [0.29, 0.717) is 6.42 Å². The fourth-order valence-electron chi connectivity index (χ4n) is 0.685. The van der Waals surface area contributed by atoms with Crippen LogP contribution >= 0.6 is 0 Å². The summed E-state index contributed by atoms with van der Waals surface area (Å²) in [4.78, 5) is 21.0. The maximum absolute atomic E-state index is 10.5. The van der Waals surface area contributed by atoms with Crippen LogP contribution in [0, 0.1) is 5.92 Å². The Morgan fingerprint density at radius 2 is 2.17 bits per heavy atom. The Morgan fingerprint density at radius 1 is 1.58 bits per heavy atom. The summed E-state index contributed by atoms with van der Waals surface area (Å²) in [6.45, 7) is 1.86. The first-order chi connectivity index (χ1) is 5.61. The van der Waals surface area contributed by atoms with Crippen LogP contribution in [-0.2, 0) is 9.53 Å². The zero-order valence-electron chi connectivity index (χ0n) is 7.16. The number of alkyl carbamates (subject to hydrolysis) is 1. The van der Waals surface area contributed by atoms with Gasteiger partial charge in [-0.05, 0) is 6.42 Å². The molecular weight excluding hydrogens is 162 g/mol. The first-order valence-corrected chi connectivity index (χ1v) is 3.66. The second-order valence-electron chi connectivity index (χ2n) is 2.32. The predicted octanol–water partition coefficient (Wildman–Crippen LogP) is 0.453. The van der Waals surface area contributed by atoms with E-state index in [0.717, 1.165) is 0 Å². The maximum atomic E-state index is 10.5. The molecule has 0 saturated carbocycles. The first-order valence-electron chi connectivity index (χ1n) is 3.66. The highest BCUT2D eigenvalue weighted by Gasteiger charge is 2.15. The van der Waals surface area contributed by atoms with E-state index in [1.807, 2.05) is 0 Å². The molecule has 0 saturated heterocycles. The third kappa shape index (κ3) is 3.80. The van der Waals surface area contributed by atoms with Gasteiger partial charge in [-0.25, -0.2) is 4.79 Å². The molecule has 0 unspecified atom stereocenters. The third-order valence-electron chi connectivity index (χ3n) is 1.52. The minimum absolute atomic E-state index is 0.110. The Labute approximate surface area is 70.7 Å². The summed E-state index contributed by atoms with van der Waals surface area (Å²) in [7, 11) is 1.23. The SMILES string of the molecule is CC[C@H](CNC(=O)OC)C(=O)O. The smallest absolute Gasteiger partial charge is 0.406 e. The van der Waals surface area contributed by atoms with Crippen LogP contribution in [0.25, 0.3) is 0 Å². The van der Waals surface area contributed by atoms with Crippen LogP contribution in [0.15, 0.2) is 0 Å². The molecule has 0 radical (unpaired) electrons. The number of methoxy groups -OCH3 is 1. The number of carbonyl (C=O) groups is 2. The second kappa shape index (κ2) is 5.40. The van der Waals surface area contributed by atoms with Crippen molar-refractivity contribution in [3.8, 4) is 0 Å². The van der Waals surface area contributed by atoms with Gasteiger partial charge in [0.15, 0.2) is 0 Å². The van der Waals surface area contributed by atoms with Crippen molar-refractivity contribution in [1.29, 1.82) is 0 Å². The number of ether oxygens (including phenoxy) is 1. The molecule has 0 aliphatic carbocycles. The molecule has 1 amide bonds. The lowest BCUT2D eigenvalue weighted by atomic mass is 10.1. The number of hydrogen-bond acceptors (Lipinski definition) is 3. The molecule has 0 aliphatic rings. The minimum atomic E-state index is -0.908. The van der Waals surface area contributed by atoms with Gasteiger partial charge in [-0.1, -0.05) is 6.92 Å². The van der Waals surface area contributed by atoms with Crippen LogP contribution in [0.3, 0.4) is 0 Å². The van der Waals surface area contributed by atoms with Gasteiger partial charge in [0.25, 0.3) is 0 Å². The van der Waals surface area contributed by atoms with Crippen molar-refractivity contribution in [2.24, 2.45) is 5.92 Å². The number of aliphatic carboxylic acids is 1. The summed E-state index contributed by atoms with van der Waals surface area (Å²) in [6.07, 6.45) is -0.117. The monoisotopic (exact) mass is 175 g/mol. The molecular formula is C7H13NO4. The summed E-state index contributed by atoms with van der Waals surface area (Å²) >= 11 is 0. The van der Waals surface area contributed by atoms with Crippen LogP contribution in [-0.4, -0.2) is 30.8 Å². The zero-order chi connectivity index (χ0) is 9.56. The van der Waals surface area contributed by atoms with Gasteiger partial charge in [-0.2, -0.15) is 0 Å². The number of hydrogen-bond donors (Lipinski definition) is 2. The minimum Gasteiger partial charge on any atom is -0.481 e. The molecule has 0 aromatic rings. The second-order valence-corrected chi connectivity index (χ2v) is 2.32. The van der Waals surface area contributed by atoms with E-state index >= 15 is 0 Å². The van der Waals surface area contributed by atoms with Gasteiger partial charge in [0, 0.05) is 6.54 Å². The number of carboxylic acid groups (broad SMARTS) is 1. The van der Waals surface area contributed by atoms with Crippen molar-refractivity contribution in [1.82, 2.24) is 5.32 Å². The molecule has 70 valence electrons. The van der Waals surface area contributed by atoms with Gasteiger partial charge in [-0.3, -0.25) is 4.79 Å². The van der Waals surface area contributed by atoms with Crippen LogP contribution in [0.5, 0.6) is 0 Å². The molecule has 0 fully saturated rings. The van der Waals surface area contributed by atoms with Crippen LogP contribution in [0.1, 0.15) is 13.3 Å². The molecule has 12 heavy (non-hydrogen) atoms. The van der Waals surface area contributed by atoms with Crippen LogP contribution in [0.2, 0.25) is 0 Å². The highest BCUT2D eigenvalue weighted by molar-refractivity contribution is 5.72. The number of carbonyl (C=O) groups excluding carboxylic acids is 1. The highest BCUT2D eigenvalue weighted by Crippen LogP contribution is 1.99. The molecule has 0 aromatic heterocycles. The van der Waals surface area contributed by atoms with Crippen LogP contribution < -0.4 is 5.32 Å². The van der Waals surface area contributed by atoms with E-state index in [9.17, 15) is 9.59 Å². The quantitative estimate of drug-likeness (QED) is 0.650. The average molecular weight is 175 g/mol. The molecule has 5 heteroatoms. The summed E-state index contributed by atoms with van der Waals surface area (Å²) in [5.74, 6) is -1.45.